The Hall–Kier alpha value is -1.70. The number of oxazole rings is 1. The molecule has 0 atom stereocenters. The molecule has 0 aromatic carbocycles. The molecule has 0 bridgehead atoms. The number of hydrogen-bond acceptors (Lipinski definition) is 6. The van der Waals surface area contributed by atoms with Gasteiger partial charge in [-0.2, -0.15) is 0 Å². The minimum Gasteiger partial charge on any atom is -0.444 e. The van der Waals surface area contributed by atoms with Crippen LogP contribution in [0.5, 0.6) is 0 Å². The van der Waals surface area contributed by atoms with E-state index >= 15 is 0 Å². The van der Waals surface area contributed by atoms with Gasteiger partial charge in [-0.25, -0.2) is 4.98 Å². The first kappa shape index (κ1) is 16.8. The largest absolute Gasteiger partial charge is 0.444 e. The number of nitrogens with one attached hydrogen (secondary N) is 1. The highest BCUT2D eigenvalue weighted by atomic mass is 32.1. The van der Waals surface area contributed by atoms with Gasteiger partial charge in [-0.05, 0) is 37.3 Å². The normalized spacial score (nSPS) is 20.6. The summed E-state index contributed by atoms with van der Waals surface area (Å²) in [5.74, 6) is 0.729. The molecule has 2 aromatic rings. The third-order valence-electron chi connectivity index (χ3n) is 5.19. The molecule has 2 aliphatic heterocycles. The fourth-order valence-electron chi connectivity index (χ4n) is 3.82. The van der Waals surface area contributed by atoms with E-state index in [1.807, 2.05) is 17.5 Å². The second-order valence-corrected chi connectivity index (χ2v) is 7.63. The van der Waals surface area contributed by atoms with E-state index < -0.39 is 0 Å². The van der Waals surface area contributed by atoms with Crippen molar-refractivity contribution in [2.75, 3.05) is 32.8 Å². The Balaban J connectivity index is 1.50. The summed E-state index contributed by atoms with van der Waals surface area (Å²) >= 11 is 1.58. The van der Waals surface area contributed by atoms with Crippen LogP contribution in [-0.4, -0.2) is 54.2 Å². The fraction of sp³-hybridized carbons (Fsp3) is 0.556. The molecule has 7 heteroatoms. The van der Waals surface area contributed by atoms with Crippen molar-refractivity contribution in [1.82, 2.24) is 15.2 Å². The summed E-state index contributed by atoms with van der Waals surface area (Å²) in [7, 11) is 0. The van der Waals surface area contributed by atoms with Crippen molar-refractivity contribution in [2.45, 2.75) is 31.2 Å². The molecule has 6 nitrogen and oxygen atoms in total. The summed E-state index contributed by atoms with van der Waals surface area (Å²) in [6.07, 6.45) is 4.72. The molecule has 0 unspecified atom stereocenters. The minimum atomic E-state index is -0.0703. The molecule has 0 aliphatic carbocycles. The molecule has 134 valence electrons. The molecule has 1 amide bonds. The Morgan fingerprint density at radius 1 is 1.32 bits per heavy atom. The zero-order valence-electron chi connectivity index (χ0n) is 14.2. The maximum absolute atomic E-state index is 13.1. The van der Waals surface area contributed by atoms with Crippen LogP contribution in [0.4, 0.5) is 0 Å². The molecule has 1 spiro atoms. The van der Waals surface area contributed by atoms with Gasteiger partial charge in [0.15, 0.2) is 0 Å². The van der Waals surface area contributed by atoms with Crippen LogP contribution in [0.15, 0.2) is 28.2 Å². The third-order valence-corrected chi connectivity index (χ3v) is 6.05. The molecular weight excluding hydrogens is 338 g/mol. The lowest BCUT2D eigenvalue weighted by atomic mass is 9.84. The first-order valence-corrected chi connectivity index (χ1v) is 9.72. The number of rotatable bonds is 3. The van der Waals surface area contributed by atoms with Crippen molar-refractivity contribution >= 4 is 17.2 Å². The first-order valence-electron chi connectivity index (χ1n) is 8.84. The van der Waals surface area contributed by atoms with Gasteiger partial charge in [-0.1, -0.05) is 6.07 Å². The van der Waals surface area contributed by atoms with Gasteiger partial charge < -0.3 is 19.4 Å². The summed E-state index contributed by atoms with van der Waals surface area (Å²) < 4.78 is 11.1. The first-order chi connectivity index (χ1) is 12.3. The van der Waals surface area contributed by atoms with E-state index in [2.05, 4.69) is 15.2 Å². The lowest BCUT2D eigenvalue weighted by molar-refractivity contribution is -0.141. The molecule has 2 aliphatic rings. The van der Waals surface area contributed by atoms with E-state index in [-0.39, 0.29) is 17.9 Å². The zero-order valence-corrected chi connectivity index (χ0v) is 15.0. The standard InChI is InChI=1S/C18H23N3O3S/c22-16(12-14-13-24-17(20-14)15-2-1-11-25-15)21-8-7-19-6-3-18(21)4-9-23-10-5-18/h1-2,11,13,19H,3-10,12H2. The van der Waals surface area contributed by atoms with Crippen LogP contribution < -0.4 is 5.32 Å². The number of amides is 1. The van der Waals surface area contributed by atoms with E-state index in [0.717, 1.165) is 57.0 Å². The summed E-state index contributed by atoms with van der Waals surface area (Å²) in [6.45, 7) is 4.00. The lowest BCUT2D eigenvalue weighted by Crippen LogP contribution is -2.55. The van der Waals surface area contributed by atoms with Crippen LogP contribution in [0.3, 0.4) is 0 Å². The molecule has 4 rings (SSSR count). The van der Waals surface area contributed by atoms with E-state index in [4.69, 9.17) is 9.15 Å². The lowest BCUT2D eigenvalue weighted by Gasteiger charge is -2.45. The Morgan fingerprint density at radius 2 is 2.20 bits per heavy atom. The molecule has 25 heavy (non-hydrogen) atoms. The predicted octanol–water partition coefficient (Wildman–Crippen LogP) is 2.32. The Labute approximate surface area is 151 Å². The fourth-order valence-corrected chi connectivity index (χ4v) is 4.48. The van der Waals surface area contributed by atoms with Crippen molar-refractivity contribution in [3.05, 3.63) is 29.5 Å². The van der Waals surface area contributed by atoms with Crippen LogP contribution in [0.2, 0.25) is 0 Å². The van der Waals surface area contributed by atoms with Crippen LogP contribution in [-0.2, 0) is 16.0 Å². The highest BCUT2D eigenvalue weighted by molar-refractivity contribution is 7.13. The van der Waals surface area contributed by atoms with Gasteiger partial charge in [0.2, 0.25) is 11.8 Å². The van der Waals surface area contributed by atoms with E-state index in [9.17, 15) is 4.79 Å². The highest BCUT2D eigenvalue weighted by Crippen LogP contribution is 2.33. The third kappa shape index (κ3) is 3.49. The summed E-state index contributed by atoms with van der Waals surface area (Å²) in [5, 5.41) is 5.41. The maximum Gasteiger partial charge on any atom is 0.236 e. The highest BCUT2D eigenvalue weighted by Gasteiger charge is 2.41. The Bertz CT molecular complexity index is 707. The van der Waals surface area contributed by atoms with Crippen molar-refractivity contribution in [3.63, 3.8) is 0 Å². The number of thiophene rings is 1. The van der Waals surface area contributed by atoms with E-state index in [1.165, 1.54) is 0 Å². The number of carbonyl (C=O) groups excluding carboxylic acids is 1. The smallest absolute Gasteiger partial charge is 0.236 e. The van der Waals surface area contributed by atoms with Gasteiger partial charge in [-0.3, -0.25) is 4.79 Å². The molecule has 0 radical (unpaired) electrons. The number of ether oxygens (including phenoxy) is 1. The van der Waals surface area contributed by atoms with Gasteiger partial charge in [0, 0.05) is 31.8 Å². The molecule has 2 aromatic heterocycles. The van der Waals surface area contributed by atoms with Gasteiger partial charge in [0.05, 0.1) is 17.0 Å². The number of aromatic nitrogens is 1. The van der Waals surface area contributed by atoms with Gasteiger partial charge >= 0.3 is 0 Å². The molecule has 2 fully saturated rings. The molecule has 1 N–H and O–H groups in total. The SMILES string of the molecule is O=C(Cc1coc(-c2cccs2)n1)N1CCNCCC12CCOCC2. The second-order valence-electron chi connectivity index (χ2n) is 6.68. The van der Waals surface area contributed by atoms with Crippen LogP contribution >= 0.6 is 11.3 Å². The maximum atomic E-state index is 13.1. The number of nitrogens with zero attached hydrogens (tertiary/aromatic N) is 2. The molecule has 4 heterocycles. The van der Waals surface area contributed by atoms with Gasteiger partial charge in [0.1, 0.15) is 6.26 Å². The van der Waals surface area contributed by atoms with E-state index in [1.54, 1.807) is 17.6 Å². The van der Waals surface area contributed by atoms with Crippen LogP contribution in [0.1, 0.15) is 25.0 Å². The van der Waals surface area contributed by atoms with Crippen LogP contribution in [0, 0.1) is 0 Å². The van der Waals surface area contributed by atoms with Crippen molar-refractivity contribution in [2.24, 2.45) is 0 Å². The van der Waals surface area contributed by atoms with Gasteiger partial charge in [-0.15, -0.1) is 11.3 Å². The van der Waals surface area contributed by atoms with Crippen molar-refractivity contribution in [1.29, 1.82) is 0 Å². The Kier molecular flexibility index (Phi) is 4.87. The molecular formula is C18H23N3O3S. The number of hydrogen-bond donors (Lipinski definition) is 1. The van der Waals surface area contributed by atoms with Crippen LogP contribution in [0.25, 0.3) is 10.8 Å². The number of carbonyl (C=O) groups is 1. The predicted molar refractivity (Wildman–Crippen MR) is 95.5 cm³/mol. The average molecular weight is 361 g/mol. The topological polar surface area (TPSA) is 67.6 Å². The Morgan fingerprint density at radius 3 is 3.00 bits per heavy atom. The van der Waals surface area contributed by atoms with Crippen molar-refractivity contribution < 1.29 is 13.9 Å². The van der Waals surface area contributed by atoms with Gasteiger partial charge in [0.25, 0.3) is 0 Å². The second kappa shape index (κ2) is 7.27. The monoisotopic (exact) mass is 361 g/mol. The summed E-state index contributed by atoms with van der Waals surface area (Å²) in [5.41, 5.74) is 0.631. The molecule has 0 saturated carbocycles. The molecule has 2 saturated heterocycles. The summed E-state index contributed by atoms with van der Waals surface area (Å²) in [4.78, 5) is 20.6. The average Bonchev–Trinajstić information content (AvgIpc) is 3.26. The quantitative estimate of drug-likeness (QED) is 0.909. The zero-order chi connectivity index (χ0) is 17.1. The van der Waals surface area contributed by atoms with Crippen molar-refractivity contribution in [3.8, 4) is 10.8 Å². The minimum absolute atomic E-state index is 0.0703. The van der Waals surface area contributed by atoms with E-state index in [0.29, 0.717) is 11.6 Å². The summed E-state index contributed by atoms with van der Waals surface area (Å²) in [6, 6.07) is 3.94.